The number of nitrogens with one attached hydrogen (secondary N) is 1. The normalized spacial score (nSPS) is 11.0. The van der Waals surface area contributed by atoms with E-state index in [1.54, 1.807) is 18.4 Å². The molecule has 3 heterocycles. The van der Waals surface area contributed by atoms with Gasteiger partial charge in [0.2, 0.25) is 5.91 Å². The molecule has 3 aromatic heterocycles. The van der Waals surface area contributed by atoms with Crippen molar-refractivity contribution in [2.24, 2.45) is 0 Å². The van der Waals surface area contributed by atoms with Crippen LogP contribution in [0.1, 0.15) is 27.9 Å². The smallest absolute Gasteiger partial charge is 0.350 e. The molecule has 1 N–H and O–H groups in total. The van der Waals surface area contributed by atoms with Gasteiger partial charge in [0.05, 0.1) is 25.0 Å². The first kappa shape index (κ1) is 23.2. The standard InChI is InChI=1S/C23H23N5O5S/c1-4-28-19-18(14(2)25-28)26(13-17(29)24-16-10-11-34-20(16)22(31)33-3)23(32)27(21(19)30)12-15-8-6-5-7-9-15/h5-11H,4,12-13H2,1-3H3,(H,24,29). The average molecular weight is 482 g/mol. The van der Waals surface area contributed by atoms with Crippen molar-refractivity contribution in [1.29, 1.82) is 0 Å². The highest BCUT2D eigenvalue weighted by Crippen LogP contribution is 2.23. The summed E-state index contributed by atoms with van der Waals surface area (Å²) in [6, 6.07) is 10.7. The number of fused-ring (bicyclic) bond motifs is 1. The Hall–Kier alpha value is -3.99. The molecular weight excluding hydrogens is 458 g/mol. The minimum Gasteiger partial charge on any atom is -0.465 e. The number of carbonyl (C=O) groups excluding carboxylic acids is 2. The second kappa shape index (κ2) is 9.48. The second-order valence-corrected chi connectivity index (χ2v) is 8.46. The number of hydrogen-bond donors (Lipinski definition) is 1. The van der Waals surface area contributed by atoms with Gasteiger partial charge in [-0.1, -0.05) is 30.3 Å². The molecule has 0 radical (unpaired) electrons. The van der Waals surface area contributed by atoms with E-state index in [-0.39, 0.29) is 23.5 Å². The molecule has 0 saturated carbocycles. The Bertz CT molecular complexity index is 1500. The molecule has 0 bridgehead atoms. The first-order valence-electron chi connectivity index (χ1n) is 10.6. The lowest BCUT2D eigenvalue weighted by molar-refractivity contribution is -0.116. The predicted molar refractivity (Wildman–Crippen MR) is 128 cm³/mol. The van der Waals surface area contributed by atoms with E-state index in [2.05, 4.69) is 10.4 Å². The fourth-order valence-corrected chi connectivity index (χ4v) is 4.60. The fraction of sp³-hybridized carbons (Fsp3) is 0.261. The maximum atomic E-state index is 13.5. The quantitative estimate of drug-likeness (QED) is 0.405. The van der Waals surface area contributed by atoms with E-state index in [1.165, 1.54) is 16.4 Å². The van der Waals surface area contributed by atoms with Gasteiger partial charge in [-0.05, 0) is 30.9 Å². The molecule has 176 valence electrons. The van der Waals surface area contributed by atoms with Crippen molar-refractivity contribution >= 4 is 39.9 Å². The maximum absolute atomic E-state index is 13.5. The molecule has 10 nitrogen and oxygen atoms in total. The van der Waals surface area contributed by atoms with Crippen LogP contribution in [0, 0.1) is 6.92 Å². The minimum atomic E-state index is -0.617. The second-order valence-electron chi connectivity index (χ2n) is 7.55. The zero-order valence-electron chi connectivity index (χ0n) is 18.9. The number of thiophene rings is 1. The van der Waals surface area contributed by atoms with Crippen molar-refractivity contribution in [2.45, 2.75) is 33.5 Å². The van der Waals surface area contributed by atoms with Crippen molar-refractivity contribution in [3.05, 3.63) is 78.8 Å². The molecule has 1 aromatic carbocycles. The van der Waals surface area contributed by atoms with Gasteiger partial charge in [-0.25, -0.2) is 9.59 Å². The van der Waals surface area contributed by atoms with Crippen LogP contribution in [-0.4, -0.2) is 37.9 Å². The van der Waals surface area contributed by atoms with Crippen LogP contribution in [0.3, 0.4) is 0 Å². The Labute approximate surface area is 198 Å². The number of rotatable bonds is 7. The fourth-order valence-electron chi connectivity index (χ4n) is 3.84. The van der Waals surface area contributed by atoms with Crippen LogP contribution in [0.25, 0.3) is 11.0 Å². The first-order chi connectivity index (χ1) is 16.3. The maximum Gasteiger partial charge on any atom is 0.350 e. The summed E-state index contributed by atoms with van der Waals surface area (Å²) in [4.78, 5) is 51.9. The summed E-state index contributed by atoms with van der Waals surface area (Å²) in [6.07, 6.45) is 0. The summed E-state index contributed by atoms with van der Waals surface area (Å²) in [6.45, 7) is 3.66. The molecule has 4 aromatic rings. The van der Waals surface area contributed by atoms with Gasteiger partial charge in [0.25, 0.3) is 5.56 Å². The largest absolute Gasteiger partial charge is 0.465 e. The molecule has 0 atom stereocenters. The Kier molecular flexibility index (Phi) is 6.46. The molecule has 0 aliphatic carbocycles. The third-order valence-electron chi connectivity index (χ3n) is 5.37. The summed E-state index contributed by atoms with van der Waals surface area (Å²) in [5.74, 6) is -1.10. The number of carbonyl (C=O) groups is 2. The average Bonchev–Trinajstić information content (AvgIpc) is 3.43. The summed E-state index contributed by atoms with van der Waals surface area (Å²) in [5.41, 5.74) is 1.03. The SMILES string of the molecule is CCn1nc(C)c2c1c(=O)n(Cc1ccccc1)c(=O)n2CC(=O)Nc1ccsc1C(=O)OC. The van der Waals surface area contributed by atoms with Crippen molar-refractivity contribution < 1.29 is 14.3 Å². The Morgan fingerprint density at radius 2 is 1.82 bits per heavy atom. The lowest BCUT2D eigenvalue weighted by atomic mass is 10.2. The van der Waals surface area contributed by atoms with Crippen LogP contribution in [0.15, 0.2) is 51.4 Å². The number of hydrogen-bond acceptors (Lipinski definition) is 7. The third kappa shape index (κ3) is 4.17. The highest BCUT2D eigenvalue weighted by molar-refractivity contribution is 7.12. The van der Waals surface area contributed by atoms with Gasteiger partial charge in [-0.15, -0.1) is 11.3 Å². The van der Waals surface area contributed by atoms with Gasteiger partial charge in [0.15, 0.2) is 5.52 Å². The summed E-state index contributed by atoms with van der Waals surface area (Å²) in [7, 11) is 1.26. The van der Waals surface area contributed by atoms with E-state index in [9.17, 15) is 19.2 Å². The zero-order chi connectivity index (χ0) is 24.4. The molecule has 0 unspecified atom stereocenters. The number of anilines is 1. The van der Waals surface area contributed by atoms with Gasteiger partial charge >= 0.3 is 11.7 Å². The Morgan fingerprint density at radius 1 is 1.09 bits per heavy atom. The van der Waals surface area contributed by atoms with Crippen molar-refractivity contribution in [3.8, 4) is 0 Å². The minimum absolute atomic E-state index is 0.0566. The van der Waals surface area contributed by atoms with E-state index in [0.29, 0.717) is 23.4 Å². The summed E-state index contributed by atoms with van der Waals surface area (Å²) >= 11 is 1.13. The van der Waals surface area contributed by atoms with Gasteiger partial charge < -0.3 is 10.1 Å². The van der Waals surface area contributed by atoms with Gasteiger partial charge in [-0.2, -0.15) is 5.10 Å². The van der Waals surface area contributed by atoms with E-state index in [0.717, 1.165) is 21.5 Å². The molecule has 1 amide bonds. The highest BCUT2D eigenvalue weighted by atomic mass is 32.1. The predicted octanol–water partition coefficient (Wildman–Crippen LogP) is 2.22. The van der Waals surface area contributed by atoms with Crippen LogP contribution in [0.2, 0.25) is 0 Å². The number of benzene rings is 1. The molecule has 4 rings (SSSR count). The van der Waals surface area contributed by atoms with E-state index in [1.807, 2.05) is 37.3 Å². The monoisotopic (exact) mass is 481 g/mol. The van der Waals surface area contributed by atoms with Crippen LogP contribution < -0.4 is 16.6 Å². The molecule has 0 saturated heterocycles. The lowest BCUT2D eigenvalue weighted by Crippen LogP contribution is -2.42. The number of aryl methyl sites for hydroxylation is 2. The van der Waals surface area contributed by atoms with Crippen molar-refractivity contribution in [1.82, 2.24) is 18.9 Å². The molecule has 0 aliphatic rings. The molecular formula is C23H23N5O5S. The zero-order valence-corrected chi connectivity index (χ0v) is 19.7. The number of aromatic nitrogens is 4. The topological polar surface area (TPSA) is 117 Å². The van der Waals surface area contributed by atoms with E-state index in [4.69, 9.17) is 4.74 Å². The van der Waals surface area contributed by atoms with Gasteiger partial charge in [0, 0.05) is 6.54 Å². The Balaban J connectivity index is 1.80. The highest BCUT2D eigenvalue weighted by Gasteiger charge is 2.22. The number of nitrogens with zero attached hydrogens (tertiary/aromatic N) is 4. The van der Waals surface area contributed by atoms with Crippen molar-refractivity contribution in [2.75, 3.05) is 12.4 Å². The van der Waals surface area contributed by atoms with Crippen LogP contribution in [0.5, 0.6) is 0 Å². The first-order valence-corrected chi connectivity index (χ1v) is 11.4. The summed E-state index contributed by atoms with van der Waals surface area (Å²) in [5, 5.41) is 8.72. The van der Waals surface area contributed by atoms with Crippen LogP contribution in [-0.2, 0) is 29.2 Å². The molecule has 0 spiro atoms. The van der Waals surface area contributed by atoms with E-state index < -0.39 is 23.1 Å². The number of methoxy groups -OCH3 is 1. The Morgan fingerprint density at radius 3 is 2.50 bits per heavy atom. The van der Waals surface area contributed by atoms with E-state index >= 15 is 0 Å². The number of amides is 1. The third-order valence-corrected chi connectivity index (χ3v) is 6.26. The number of esters is 1. The number of ether oxygens (including phenoxy) is 1. The molecule has 34 heavy (non-hydrogen) atoms. The van der Waals surface area contributed by atoms with Gasteiger partial charge in [0.1, 0.15) is 16.9 Å². The van der Waals surface area contributed by atoms with Crippen molar-refractivity contribution in [3.63, 3.8) is 0 Å². The molecule has 0 fully saturated rings. The summed E-state index contributed by atoms with van der Waals surface area (Å²) < 4.78 is 8.65. The molecule has 11 heteroatoms. The van der Waals surface area contributed by atoms with Crippen LogP contribution in [0.4, 0.5) is 5.69 Å². The molecule has 0 aliphatic heterocycles. The van der Waals surface area contributed by atoms with Crippen LogP contribution >= 0.6 is 11.3 Å². The lowest BCUT2D eigenvalue weighted by Gasteiger charge is -2.13. The van der Waals surface area contributed by atoms with Gasteiger partial charge in [-0.3, -0.25) is 23.4 Å².